The highest BCUT2D eigenvalue weighted by Crippen LogP contribution is 2.10. The summed E-state index contributed by atoms with van der Waals surface area (Å²) in [6.45, 7) is 5.89. The van der Waals surface area contributed by atoms with E-state index in [2.05, 4.69) is 10.6 Å². The van der Waals surface area contributed by atoms with E-state index in [0.717, 1.165) is 11.1 Å². The van der Waals surface area contributed by atoms with Gasteiger partial charge in [0, 0.05) is 5.56 Å². The predicted molar refractivity (Wildman–Crippen MR) is 83.4 cm³/mol. The molecule has 0 unspecified atom stereocenters. The van der Waals surface area contributed by atoms with Gasteiger partial charge in [-0.3, -0.25) is 9.59 Å². The fraction of sp³-hybridized carbons (Fsp3) is 0.294. The molecular formula is C17H20N2O3. The fourth-order valence-electron chi connectivity index (χ4n) is 1.97. The molecule has 1 aromatic heterocycles. The lowest BCUT2D eigenvalue weighted by Gasteiger charge is -2.14. The van der Waals surface area contributed by atoms with Gasteiger partial charge in [-0.2, -0.15) is 0 Å². The van der Waals surface area contributed by atoms with Gasteiger partial charge in [0.05, 0.1) is 12.8 Å². The molecule has 2 aromatic rings. The van der Waals surface area contributed by atoms with Crippen LogP contribution >= 0.6 is 0 Å². The first kappa shape index (κ1) is 15.8. The van der Waals surface area contributed by atoms with Crippen molar-refractivity contribution in [3.63, 3.8) is 0 Å². The Bertz CT molecular complexity index is 663. The third-order valence-electron chi connectivity index (χ3n) is 3.53. The lowest BCUT2D eigenvalue weighted by molar-refractivity contribution is -0.122. The summed E-state index contributed by atoms with van der Waals surface area (Å²) in [7, 11) is 0. The molecule has 0 fully saturated rings. The molecule has 1 aromatic carbocycles. The van der Waals surface area contributed by atoms with Gasteiger partial charge in [-0.25, -0.2) is 0 Å². The Kier molecular flexibility index (Phi) is 4.99. The summed E-state index contributed by atoms with van der Waals surface area (Å²) in [5.74, 6) is 0.151. The molecule has 5 nitrogen and oxygen atoms in total. The van der Waals surface area contributed by atoms with E-state index in [4.69, 9.17) is 4.42 Å². The molecule has 0 aliphatic heterocycles. The van der Waals surface area contributed by atoms with Crippen LogP contribution in [0.3, 0.4) is 0 Å². The average molecular weight is 300 g/mol. The highest BCUT2D eigenvalue weighted by atomic mass is 16.3. The molecule has 0 radical (unpaired) electrons. The van der Waals surface area contributed by atoms with E-state index in [1.165, 1.54) is 0 Å². The van der Waals surface area contributed by atoms with Gasteiger partial charge in [0.25, 0.3) is 5.91 Å². The summed E-state index contributed by atoms with van der Waals surface area (Å²) in [5.41, 5.74) is 2.72. The first-order valence-electron chi connectivity index (χ1n) is 7.15. The molecule has 0 aliphatic rings. The van der Waals surface area contributed by atoms with Crippen LogP contribution in [-0.2, 0) is 11.3 Å². The minimum absolute atomic E-state index is 0.256. The quantitative estimate of drug-likeness (QED) is 0.890. The third-order valence-corrected chi connectivity index (χ3v) is 3.53. The van der Waals surface area contributed by atoms with E-state index in [1.54, 1.807) is 31.4 Å². The normalized spacial score (nSPS) is 11.8. The van der Waals surface area contributed by atoms with Crippen molar-refractivity contribution in [3.8, 4) is 0 Å². The van der Waals surface area contributed by atoms with Gasteiger partial charge in [0.2, 0.25) is 5.91 Å². The predicted octanol–water partition coefficient (Wildman–Crippen LogP) is 2.33. The Morgan fingerprint density at radius 1 is 1.18 bits per heavy atom. The molecule has 0 saturated carbocycles. The molecule has 1 heterocycles. The van der Waals surface area contributed by atoms with Crippen molar-refractivity contribution < 1.29 is 14.0 Å². The van der Waals surface area contributed by atoms with Crippen LogP contribution in [0.2, 0.25) is 0 Å². The molecule has 5 heteroatoms. The Labute approximate surface area is 129 Å². The Balaban J connectivity index is 1.89. The van der Waals surface area contributed by atoms with E-state index >= 15 is 0 Å². The molecule has 1 atom stereocenters. The Morgan fingerprint density at radius 3 is 2.59 bits per heavy atom. The number of hydrogen-bond acceptors (Lipinski definition) is 3. The van der Waals surface area contributed by atoms with Crippen molar-refractivity contribution in [1.82, 2.24) is 10.6 Å². The topological polar surface area (TPSA) is 71.3 Å². The second kappa shape index (κ2) is 6.93. The van der Waals surface area contributed by atoms with Crippen LogP contribution in [0.5, 0.6) is 0 Å². The number of rotatable bonds is 5. The maximum atomic E-state index is 12.1. The van der Waals surface area contributed by atoms with Gasteiger partial charge in [-0.05, 0) is 56.2 Å². The molecule has 2 N–H and O–H groups in total. The van der Waals surface area contributed by atoms with Gasteiger partial charge in [0.1, 0.15) is 11.8 Å². The fourth-order valence-corrected chi connectivity index (χ4v) is 1.97. The van der Waals surface area contributed by atoms with Crippen LogP contribution in [0.15, 0.2) is 41.0 Å². The van der Waals surface area contributed by atoms with E-state index in [0.29, 0.717) is 17.9 Å². The number of benzene rings is 1. The number of furan rings is 1. The molecule has 2 amide bonds. The Morgan fingerprint density at radius 2 is 1.95 bits per heavy atom. The smallest absolute Gasteiger partial charge is 0.251 e. The van der Waals surface area contributed by atoms with E-state index < -0.39 is 6.04 Å². The van der Waals surface area contributed by atoms with Crippen LogP contribution in [-0.4, -0.2) is 17.9 Å². The highest BCUT2D eigenvalue weighted by molar-refractivity contribution is 5.97. The van der Waals surface area contributed by atoms with Crippen LogP contribution in [0.4, 0.5) is 0 Å². The van der Waals surface area contributed by atoms with Gasteiger partial charge in [-0.15, -0.1) is 0 Å². The molecule has 0 spiro atoms. The summed E-state index contributed by atoms with van der Waals surface area (Å²) >= 11 is 0. The lowest BCUT2D eigenvalue weighted by atomic mass is 10.1. The molecule has 116 valence electrons. The van der Waals surface area contributed by atoms with E-state index in [1.807, 2.05) is 26.0 Å². The van der Waals surface area contributed by atoms with E-state index in [9.17, 15) is 9.59 Å². The summed E-state index contributed by atoms with van der Waals surface area (Å²) in [6, 6.07) is 8.38. The largest absolute Gasteiger partial charge is 0.467 e. The molecule has 2 rings (SSSR count). The van der Waals surface area contributed by atoms with Crippen LogP contribution in [0.25, 0.3) is 0 Å². The standard InChI is InChI=1S/C17H20N2O3/c1-11-6-7-14(9-12(11)2)17(21)19-13(3)16(20)18-10-15-5-4-8-22-15/h4-9,13H,10H2,1-3H3,(H,18,20)(H,19,21)/t13-/m0/s1. The van der Waals surface area contributed by atoms with Gasteiger partial charge >= 0.3 is 0 Å². The second-order valence-corrected chi connectivity index (χ2v) is 5.29. The summed E-state index contributed by atoms with van der Waals surface area (Å²) < 4.78 is 5.14. The Hall–Kier alpha value is -2.56. The van der Waals surface area contributed by atoms with Gasteiger partial charge < -0.3 is 15.1 Å². The number of aryl methyl sites for hydroxylation is 2. The van der Waals surface area contributed by atoms with Crippen molar-refractivity contribution in [3.05, 3.63) is 59.0 Å². The van der Waals surface area contributed by atoms with Gasteiger partial charge in [0.15, 0.2) is 0 Å². The number of carbonyl (C=O) groups excluding carboxylic acids is 2. The van der Waals surface area contributed by atoms with Crippen LogP contribution in [0.1, 0.15) is 34.2 Å². The first-order chi connectivity index (χ1) is 10.5. The van der Waals surface area contributed by atoms with Crippen molar-refractivity contribution in [2.45, 2.75) is 33.4 Å². The van der Waals surface area contributed by atoms with Crippen LogP contribution in [0, 0.1) is 13.8 Å². The molecule has 22 heavy (non-hydrogen) atoms. The first-order valence-corrected chi connectivity index (χ1v) is 7.15. The molecule has 0 saturated heterocycles. The third kappa shape index (κ3) is 3.97. The van der Waals surface area contributed by atoms with Crippen molar-refractivity contribution in [1.29, 1.82) is 0 Å². The molecular weight excluding hydrogens is 280 g/mol. The zero-order chi connectivity index (χ0) is 16.1. The molecule has 0 bridgehead atoms. The number of hydrogen-bond donors (Lipinski definition) is 2. The minimum atomic E-state index is -0.621. The van der Waals surface area contributed by atoms with Gasteiger partial charge in [-0.1, -0.05) is 6.07 Å². The lowest BCUT2D eigenvalue weighted by Crippen LogP contribution is -2.44. The number of nitrogens with one attached hydrogen (secondary N) is 2. The SMILES string of the molecule is Cc1ccc(C(=O)N[C@@H](C)C(=O)NCc2ccco2)cc1C. The average Bonchev–Trinajstić information content (AvgIpc) is 3.00. The maximum Gasteiger partial charge on any atom is 0.251 e. The van der Waals surface area contributed by atoms with Crippen molar-refractivity contribution in [2.75, 3.05) is 0 Å². The minimum Gasteiger partial charge on any atom is -0.467 e. The second-order valence-electron chi connectivity index (χ2n) is 5.29. The number of amides is 2. The van der Waals surface area contributed by atoms with Crippen LogP contribution < -0.4 is 10.6 Å². The van der Waals surface area contributed by atoms with Crippen molar-refractivity contribution in [2.24, 2.45) is 0 Å². The summed E-state index contributed by atoms with van der Waals surface area (Å²) in [4.78, 5) is 24.1. The highest BCUT2D eigenvalue weighted by Gasteiger charge is 2.16. The monoisotopic (exact) mass is 300 g/mol. The number of carbonyl (C=O) groups is 2. The molecule has 0 aliphatic carbocycles. The summed E-state index contributed by atoms with van der Waals surface area (Å²) in [6.07, 6.45) is 1.55. The van der Waals surface area contributed by atoms with E-state index in [-0.39, 0.29) is 11.8 Å². The summed E-state index contributed by atoms with van der Waals surface area (Å²) in [5, 5.41) is 5.41. The maximum absolute atomic E-state index is 12.1. The zero-order valence-electron chi connectivity index (χ0n) is 13.0. The van der Waals surface area contributed by atoms with Crippen molar-refractivity contribution >= 4 is 11.8 Å². The zero-order valence-corrected chi connectivity index (χ0v) is 13.0.